The molecule has 0 aromatic carbocycles. The van der Waals surface area contributed by atoms with E-state index in [9.17, 15) is 4.79 Å². The molecule has 0 saturated heterocycles. The molecule has 2 nitrogen and oxygen atoms in total. The van der Waals surface area contributed by atoms with E-state index in [4.69, 9.17) is 0 Å². The molecule has 1 aliphatic heterocycles. The first kappa shape index (κ1) is 14.4. The van der Waals surface area contributed by atoms with Gasteiger partial charge >= 0.3 is 5.97 Å². The van der Waals surface area contributed by atoms with Gasteiger partial charge in [-0.3, -0.25) is 0 Å². The van der Waals surface area contributed by atoms with Gasteiger partial charge in [-0.05, 0) is 13.3 Å². The number of carbonyl (C=O) groups is 1. The maximum Gasteiger partial charge on any atom is 0.330 e. The number of rotatable bonds is 3. The summed E-state index contributed by atoms with van der Waals surface area (Å²) in [5.74, 6) is -0.216. The third-order valence-corrected chi connectivity index (χ3v) is 1.68. The average Bonchev–Trinajstić information content (AvgIpc) is 2.31. The Labute approximate surface area is 98.0 Å². The van der Waals surface area contributed by atoms with Gasteiger partial charge in [0.05, 0.1) is 6.61 Å². The number of carbonyl (C=O) groups excluding carboxylic acids is 1. The summed E-state index contributed by atoms with van der Waals surface area (Å²) in [5, 5.41) is 0. The lowest BCUT2D eigenvalue weighted by Crippen LogP contribution is -2.05. The highest BCUT2D eigenvalue weighted by atomic mass is 16.5. The van der Waals surface area contributed by atoms with Gasteiger partial charge < -0.3 is 4.74 Å². The van der Waals surface area contributed by atoms with E-state index in [0.29, 0.717) is 6.61 Å². The van der Waals surface area contributed by atoms with Gasteiger partial charge in [0.25, 0.3) is 0 Å². The largest absolute Gasteiger partial charge is 0.462 e. The summed E-state index contributed by atoms with van der Waals surface area (Å²) in [6.07, 6.45) is 17.5. The van der Waals surface area contributed by atoms with Crippen LogP contribution in [0.15, 0.2) is 48.6 Å². The zero-order chi connectivity index (χ0) is 12.1. The van der Waals surface area contributed by atoms with E-state index in [1.165, 1.54) is 6.08 Å². The SMILES string of the molecule is C\C=C/C=C\C=C/CC.O=C1C=CCCO1. The third-order valence-electron chi connectivity index (χ3n) is 1.68. The Balaban J connectivity index is 0.000000288. The van der Waals surface area contributed by atoms with Crippen molar-refractivity contribution < 1.29 is 9.53 Å². The van der Waals surface area contributed by atoms with E-state index in [1.807, 2.05) is 37.3 Å². The number of hydrogen-bond acceptors (Lipinski definition) is 2. The van der Waals surface area contributed by atoms with Crippen LogP contribution in [0.1, 0.15) is 26.7 Å². The van der Waals surface area contributed by atoms with Crippen molar-refractivity contribution in [1.29, 1.82) is 0 Å². The second kappa shape index (κ2) is 11.5. The monoisotopic (exact) mass is 220 g/mol. The Morgan fingerprint density at radius 1 is 1.31 bits per heavy atom. The van der Waals surface area contributed by atoms with Crippen LogP contribution in [-0.2, 0) is 9.53 Å². The third kappa shape index (κ3) is 10.5. The fourth-order valence-corrected chi connectivity index (χ4v) is 0.909. The second-order valence-corrected chi connectivity index (χ2v) is 3.11. The highest BCUT2D eigenvalue weighted by Crippen LogP contribution is 1.94. The van der Waals surface area contributed by atoms with Crippen molar-refractivity contribution in [3.63, 3.8) is 0 Å². The number of ether oxygens (including phenoxy) is 1. The molecule has 1 heterocycles. The van der Waals surface area contributed by atoms with Crippen molar-refractivity contribution in [3.8, 4) is 0 Å². The number of allylic oxidation sites excluding steroid dienone is 6. The molecule has 88 valence electrons. The first-order valence-corrected chi connectivity index (χ1v) is 5.59. The Bertz CT molecular complexity index is 283. The number of cyclic esters (lactones) is 1. The van der Waals surface area contributed by atoms with Crippen molar-refractivity contribution >= 4 is 5.97 Å². The summed E-state index contributed by atoms with van der Waals surface area (Å²) in [4.78, 5) is 10.2. The van der Waals surface area contributed by atoms with Gasteiger partial charge in [-0.1, -0.05) is 49.5 Å². The first-order valence-electron chi connectivity index (χ1n) is 5.59. The van der Waals surface area contributed by atoms with E-state index in [2.05, 4.69) is 23.8 Å². The van der Waals surface area contributed by atoms with Crippen LogP contribution < -0.4 is 0 Å². The maximum absolute atomic E-state index is 10.2. The molecule has 0 aromatic rings. The van der Waals surface area contributed by atoms with Crippen LogP contribution in [0.5, 0.6) is 0 Å². The molecule has 0 radical (unpaired) electrons. The molecule has 0 fully saturated rings. The molecule has 0 amide bonds. The summed E-state index contributed by atoms with van der Waals surface area (Å²) in [7, 11) is 0. The van der Waals surface area contributed by atoms with Gasteiger partial charge in [0, 0.05) is 12.5 Å². The summed E-state index contributed by atoms with van der Waals surface area (Å²) in [5.41, 5.74) is 0. The number of hydrogen-bond donors (Lipinski definition) is 0. The molecule has 0 N–H and O–H groups in total. The standard InChI is InChI=1S/C9H14.C5H6O2/c1-3-5-7-9-8-6-4-2;6-5-3-1-2-4-7-5/h3,5-9H,4H2,1-2H3;1,3H,2,4H2/b5-3-,8-6-,9-7-;. The minimum atomic E-state index is -0.216. The van der Waals surface area contributed by atoms with E-state index in [1.54, 1.807) is 0 Å². The van der Waals surface area contributed by atoms with E-state index in [-0.39, 0.29) is 5.97 Å². The smallest absolute Gasteiger partial charge is 0.330 e. The lowest BCUT2D eigenvalue weighted by molar-refractivity contribution is -0.138. The van der Waals surface area contributed by atoms with Gasteiger partial charge in [-0.2, -0.15) is 0 Å². The maximum atomic E-state index is 10.2. The Morgan fingerprint density at radius 2 is 2.06 bits per heavy atom. The molecule has 0 saturated carbocycles. The zero-order valence-electron chi connectivity index (χ0n) is 10.1. The van der Waals surface area contributed by atoms with Crippen molar-refractivity contribution in [1.82, 2.24) is 0 Å². The van der Waals surface area contributed by atoms with E-state index in [0.717, 1.165) is 12.8 Å². The van der Waals surface area contributed by atoms with Crippen molar-refractivity contribution in [2.45, 2.75) is 26.7 Å². The molecule has 2 heteroatoms. The highest BCUT2D eigenvalue weighted by molar-refractivity contribution is 5.82. The predicted octanol–water partition coefficient (Wildman–Crippen LogP) is 3.57. The lowest BCUT2D eigenvalue weighted by Gasteiger charge is -2.01. The summed E-state index contributed by atoms with van der Waals surface area (Å²) in [6, 6.07) is 0. The lowest BCUT2D eigenvalue weighted by atomic mass is 10.3. The van der Waals surface area contributed by atoms with Crippen molar-refractivity contribution in [3.05, 3.63) is 48.6 Å². The molecule has 0 spiro atoms. The van der Waals surface area contributed by atoms with Crippen LogP contribution in [0.3, 0.4) is 0 Å². The molecule has 1 aliphatic rings. The molecule has 0 atom stereocenters. The van der Waals surface area contributed by atoms with Crippen LogP contribution in [0.4, 0.5) is 0 Å². The predicted molar refractivity (Wildman–Crippen MR) is 68.1 cm³/mol. The van der Waals surface area contributed by atoms with Crippen molar-refractivity contribution in [2.75, 3.05) is 6.61 Å². The number of esters is 1. The molecule has 1 rings (SSSR count). The fourth-order valence-electron chi connectivity index (χ4n) is 0.909. The average molecular weight is 220 g/mol. The van der Waals surface area contributed by atoms with Crippen LogP contribution in [-0.4, -0.2) is 12.6 Å². The molecule has 0 aliphatic carbocycles. The van der Waals surface area contributed by atoms with Gasteiger partial charge in [0.2, 0.25) is 0 Å². The van der Waals surface area contributed by atoms with Gasteiger partial charge in [-0.25, -0.2) is 4.79 Å². The zero-order valence-corrected chi connectivity index (χ0v) is 10.1. The normalized spacial score (nSPS) is 15.5. The summed E-state index contributed by atoms with van der Waals surface area (Å²) in [6.45, 7) is 4.68. The Kier molecular flexibility index (Phi) is 10.4. The molecular formula is C14H20O2. The minimum Gasteiger partial charge on any atom is -0.462 e. The molecule has 0 unspecified atom stereocenters. The van der Waals surface area contributed by atoms with E-state index < -0.39 is 0 Å². The molecule has 16 heavy (non-hydrogen) atoms. The van der Waals surface area contributed by atoms with E-state index >= 15 is 0 Å². The second-order valence-electron chi connectivity index (χ2n) is 3.11. The molecule has 0 aromatic heterocycles. The molecule has 0 bridgehead atoms. The molecular weight excluding hydrogens is 200 g/mol. The van der Waals surface area contributed by atoms with Crippen LogP contribution in [0.25, 0.3) is 0 Å². The minimum absolute atomic E-state index is 0.216. The highest BCUT2D eigenvalue weighted by Gasteiger charge is 1.98. The summed E-state index contributed by atoms with van der Waals surface area (Å²) < 4.78 is 4.55. The quantitative estimate of drug-likeness (QED) is 0.537. The van der Waals surface area contributed by atoms with Crippen LogP contribution >= 0.6 is 0 Å². The Hall–Kier alpha value is -1.57. The fraction of sp³-hybridized carbons (Fsp3) is 0.357. The van der Waals surface area contributed by atoms with Gasteiger partial charge in [0.15, 0.2) is 0 Å². The van der Waals surface area contributed by atoms with Crippen LogP contribution in [0.2, 0.25) is 0 Å². The van der Waals surface area contributed by atoms with Crippen LogP contribution in [0, 0.1) is 0 Å². The Morgan fingerprint density at radius 3 is 2.50 bits per heavy atom. The topological polar surface area (TPSA) is 26.3 Å². The van der Waals surface area contributed by atoms with Crippen molar-refractivity contribution in [2.24, 2.45) is 0 Å². The first-order chi connectivity index (χ1) is 7.81. The van der Waals surface area contributed by atoms with Gasteiger partial charge in [-0.15, -0.1) is 0 Å². The van der Waals surface area contributed by atoms with Gasteiger partial charge in [0.1, 0.15) is 0 Å². The summed E-state index contributed by atoms with van der Waals surface area (Å²) >= 11 is 0.